The number of benzene rings is 2. The van der Waals surface area contributed by atoms with Gasteiger partial charge < -0.3 is 10.5 Å². The summed E-state index contributed by atoms with van der Waals surface area (Å²) in [7, 11) is 0. The molecule has 22 heavy (non-hydrogen) atoms. The maximum absolute atomic E-state index is 6.30. The highest BCUT2D eigenvalue weighted by Crippen LogP contribution is 2.17. The van der Waals surface area contributed by atoms with Gasteiger partial charge in [-0.05, 0) is 54.5 Å². The smallest absolute Gasteiger partial charge is 0.119 e. The number of ether oxygens (including phenoxy) is 1. The van der Waals surface area contributed by atoms with Crippen molar-refractivity contribution < 1.29 is 4.74 Å². The molecule has 1 unspecified atom stereocenters. The second-order valence-corrected chi connectivity index (χ2v) is 6.14. The van der Waals surface area contributed by atoms with E-state index in [1.165, 1.54) is 16.7 Å². The minimum Gasteiger partial charge on any atom is -0.494 e. The van der Waals surface area contributed by atoms with Crippen LogP contribution >= 0.6 is 0 Å². The van der Waals surface area contributed by atoms with E-state index < -0.39 is 0 Å². The van der Waals surface area contributed by atoms with Gasteiger partial charge in [-0.2, -0.15) is 0 Å². The molecule has 118 valence electrons. The number of hydrogen-bond donors (Lipinski definition) is 1. The van der Waals surface area contributed by atoms with Crippen LogP contribution < -0.4 is 10.5 Å². The molecule has 0 aliphatic rings. The van der Waals surface area contributed by atoms with Crippen molar-refractivity contribution >= 4 is 0 Å². The normalized spacial score (nSPS) is 12.4. The third-order valence-electron chi connectivity index (χ3n) is 3.88. The molecule has 0 radical (unpaired) electrons. The molecule has 0 fully saturated rings. The van der Waals surface area contributed by atoms with Gasteiger partial charge >= 0.3 is 0 Å². The van der Waals surface area contributed by atoms with Gasteiger partial charge in [0, 0.05) is 6.04 Å². The molecule has 1 atom stereocenters. The first-order valence-corrected chi connectivity index (χ1v) is 8.14. The fraction of sp³-hybridized carbons (Fsp3) is 0.400. The lowest BCUT2D eigenvalue weighted by atomic mass is 9.97. The van der Waals surface area contributed by atoms with Gasteiger partial charge in [0.1, 0.15) is 5.75 Å². The second-order valence-electron chi connectivity index (χ2n) is 6.14. The summed E-state index contributed by atoms with van der Waals surface area (Å²) in [5.74, 6) is 1.50. The average Bonchev–Trinajstić information content (AvgIpc) is 2.50. The number of rotatable bonds is 7. The van der Waals surface area contributed by atoms with Crippen LogP contribution in [-0.4, -0.2) is 12.6 Å². The van der Waals surface area contributed by atoms with E-state index in [1.807, 2.05) is 19.1 Å². The van der Waals surface area contributed by atoms with E-state index in [0.717, 1.165) is 18.6 Å². The van der Waals surface area contributed by atoms with Crippen LogP contribution in [-0.2, 0) is 12.8 Å². The number of nitrogens with two attached hydrogens (primary N) is 1. The van der Waals surface area contributed by atoms with Crippen molar-refractivity contribution in [3.63, 3.8) is 0 Å². The van der Waals surface area contributed by atoms with Crippen LogP contribution in [0.4, 0.5) is 0 Å². The zero-order valence-electron chi connectivity index (χ0n) is 13.9. The first-order chi connectivity index (χ1) is 10.6. The minimum absolute atomic E-state index is 0.142. The number of hydrogen-bond acceptors (Lipinski definition) is 2. The highest BCUT2D eigenvalue weighted by atomic mass is 16.5. The third kappa shape index (κ3) is 4.88. The van der Waals surface area contributed by atoms with Crippen molar-refractivity contribution in [2.45, 2.75) is 45.6 Å². The molecule has 2 nitrogen and oxygen atoms in total. The van der Waals surface area contributed by atoms with Crippen molar-refractivity contribution in [3.05, 3.63) is 65.2 Å². The second kappa shape index (κ2) is 8.00. The monoisotopic (exact) mass is 297 g/mol. The molecular weight excluding hydrogens is 270 g/mol. The molecule has 2 aromatic carbocycles. The molecule has 0 aromatic heterocycles. The van der Waals surface area contributed by atoms with E-state index >= 15 is 0 Å². The van der Waals surface area contributed by atoms with Crippen molar-refractivity contribution in [1.82, 2.24) is 0 Å². The molecule has 0 saturated carbocycles. The van der Waals surface area contributed by atoms with Crippen molar-refractivity contribution in [3.8, 4) is 5.75 Å². The van der Waals surface area contributed by atoms with Gasteiger partial charge in [-0.15, -0.1) is 0 Å². The standard InChI is InChI=1S/C20H27NO/c1-4-22-20-11-7-17(8-12-20)14-19(21)13-16-5-9-18(10-6-16)15(2)3/h5-12,15,19H,4,13-14,21H2,1-3H3. The Morgan fingerprint density at radius 2 is 1.36 bits per heavy atom. The molecular formula is C20H27NO. The predicted molar refractivity (Wildman–Crippen MR) is 93.5 cm³/mol. The molecule has 0 amide bonds. The Hall–Kier alpha value is -1.80. The van der Waals surface area contributed by atoms with Crippen molar-refractivity contribution in [1.29, 1.82) is 0 Å². The molecule has 2 rings (SSSR count). The summed E-state index contributed by atoms with van der Waals surface area (Å²) in [4.78, 5) is 0. The molecule has 2 N–H and O–H groups in total. The topological polar surface area (TPSA) is 35.2 Å². The van der Waals surface area contributed by atoms with Crippen LogP contribution in [0.25, 0.3) is 0 Å². The highest BCUT2D eigenvalue weighted by Gasteiger charge is 2.07. The zero-order chi connectivity index (χ0) is 15.9. The van der Waals surface area contributed by atoms with Crippen LogP contribution in [0, 0.1) is 0 Å². The first kappa shape index (κ1) is 16.6. The maximum Gasteiger partial charge on any atom is 0.119 e. The lowest BCUT2D eigenvalue weighted by Crippen LogP contribution is -2.25. The van der Waals surface area contributed by atoms with Crippen LogP contribution in [0.1, 0.15) is 43.4 Å². The van der Waals surface area contributed by atoms with E-state index in [-0.39, 0.29) is 6.04 Å². The van der Waals surface area contributed by atoms with E-state index in [2.05, 4.69) is 50.2 Å². The summed E-state index contributed by atoms with van der Waals surface area (Å²) in [6, 6.07) is 17.2. The van der Waals surface area contributed by atoms with Gasteiger partial charge in [-0.1, -0.05) is 50.2 Å². The quantitative estimate of drug-likeness (QED) is 0.826. The average molecular weight is 297 g/mol. The Morgan fingerprint density at radius 3 is 1.82 bits per heavy atom. The maximum atomic E-state index is 6.30. The molecule has 0 saturated heterocycles. The van der Waals surface area contributed by atoms with E-state index in [9.17, 15) is 0 Å². The third-order valence-corrected chi connectivity index (χ3v) is 3.88. The highest BCUT2D eigenvalue weighted by molar-refractivity contribution is 5.29. The Bertz CT molecular complexity index is 557. The Kier molecular flexibility index (Phi) is 6.02. The lowest BCUT2D eigenvalue weighted by Gasteiger charge is -2.13. The zero-order valence-corrected chi connectivity index (χ0v) is 13.9. The van der Waals surface area contributed by atoms with Crippen LogP contribution in [0.3, 0.4) is 0 Å². The molecule has 2 heteroatoms. The molecule has 0 heterocycles. The van der Waals surface area contributed by atoms with Gasteiger partial charge in [0.25, 0.3) is 0 Å². The van der Waals surface area contributed by atoms with Gasteiger partial charge in [0.15, 0.2) is 0 Å². The Labute approximate surface area is 134 Å². The summed E-state index contributed by atoms with van der Waals surface area (Å²) in [5, 5.41) is 0. The van der Waals surface area contributed by atoms with Gasteiger partial charge in [-0.25, -0.2) is 0 Å². The SMILES string of the molecule is CCOc1ccc(CC(N)Cc2ccc(C(C)C)cc2)cc1. The summed E-state index contributed by atoms with van der Waals surface area (Å²) >= 11 is 0. The minimum atomic E-state index is 0.142. The van der Waals surface area contributed by atoms with Crippen LogP contribution in [0.15, 0.2) is 48.5 Å². The van der Waals surface area contributed by atoms with Crippen molar-refractivity contribution in [2.75, 3.05) is 6.61 Å². The summed E-state index contributed by atoms with van der Waals surface area (Å²) < 4.78 is 5.46. The predicted octanol–water partition coefficient (Wildman–Crippen LogP) is 4.32. The van der Waals surface area contributed by atoms with Crippen LogP contribution in [0.2, 0.25) is 0 Å². The first-order valence-electron chi connectivity index (χ1n) is 8.14. The summed E-state index contributed by atoms with van der Waals surface area (Å²) in [6.45, 7) is 7.12. The Morgan fingerprint density at radius 1 is 0.864 bits per heavy atom. The van der Waals surface area contributed by atoms with E-state index in [0.29, 0.717) is 12.5 Å². The fourth-order valence-electron chi connectivity index (χ4n) is 2.60. The van der Waals surface area contributed by atoms with Crippen LogP contribution in [0.5, 0.6) is 5.75 Å². The van der Waals surface area contributed by atoms with E-state index in [4.69, 9.17) is 10.5 Å². The molecule has 0 spiro atoms. The lowest BCUT2D eigenvalue weighted by molar-refractivity contribution is 0.340. The molecule has 0 aliphatic heterocycles. The van der Waals surface area contributed by atoms with Gasteiger partial charge in [0.2, 0.25) is 0 Å². The Balaban J connectivity index is 1.90. The molecule has 0 aliphatic carbocycles. The van der Waals surface area contributed by atoms with Gasteiger partial charge in [-0.3, -0.25) is 0 Å². The van der Waals surface area contributed by atoms with Gasteiger partial charge in [0.05, 0.1) is 6.61 Å². The molecule has 0 bridgehead atoms. The molecule has 2 aromatic rings. The summed E-state index contributed by atoms with van der Waals surface area (Å²) in [5.41, 5.74) is 10.2. The largest absolute Gasteiger partial charge is 0.494 e. The van der Waals surface area contributed by atoms with Crippen molar-refractivity contribution in [2.24, 2.45) is 5.73 Å². The fourth-order valence-corrected chi connectivity index (χ4v) is 2.60. The van der Waals surface area contributed by atoms with E-state index in [1.54, 1.807) is 0 Å². The summed E-state index contributed by atoms with van der Waals surface area (Å²) in [6.07, 6.45) is 1.80.